The van der Waals surface area contributed by atoms with E-state index in [-0.39, 0.29) is 0 Å². The number of rotatable bonds is 4. The zero-order chi connectivity index (χ0) is 11.5. The molecule has 0 unspecified atom stereocenters. The van der Waals surface area contributed by atoms with Gasteiger partial charge in [-0.05, 0) is 24.6 Å². The number of likely N-dealkylation sites (tertiary alicyclic amines) is 1. The van der Waals surface area contributed by atoms with Crippen LogP contribution in [0.2, 0.25) is 0 Å². The van der Waals surface area contributed by atoms with Crippen molar-refractivity contribution >= 4 is 0 Å². The molecule has 0 bridgehead atoms. The molecule has 1 fully saturated rings. The van der Waals surface area contributed by atoms with Gasteiger partial charge >= 0.3 is 0 Å². The van der Waals surface area contributed by atoms with E-state index in [4.69, 9.17) is 4.74 Å². The molecule has 2 heterocycles. The summed E-state index contributed by atoms with van der Waals surface area (Å²) in [7, 11) is 2.14. The average Bonchev–Trinajstić information content (AvgIpc) is 2.23. The fourth-order valence-electron chi connectivity index (χ4n) is 1.98. The number of pyridine rings is 1. The van der Waals surface area contributed by atoms with Crippen LogP contribution >= 0.6 is 0 Å². The van der Waals surface area contributed by atoms with E-state index in [0.29, 0.717) is 11.8 Å². The molecule has 1 aromatic heterocycles. The standard InChI is InChI=1S/C13H20N2O/c1-10(2)12-4-13(6-14-5-12)16-9-11-7-15(3)8-11/h4-6,10-11H,7-9H2,1-3H3. The Morgan fingerprint density at radius 3 is 2.81 bits per heavy atom. The summed E-state index contributed by atoms with van der Waals surface area (Å²) >= 11 is 0. The van der Waals surface area contributed by atoms with E-state index in [2.05, 4.69) is 36.8 Å². The van der Waals surface area contributed by atoms with Crippen molar-refractivity contribution in [1.82, 2.24) is 9.88 Å². The van der Waals surface area contributed by atoms with E-state index in [9.17, 15) is 0 Å². The molecule has 0 atom stereocenters. The molecular formula is C13H20N2O. The highest BCUT2D eigenvalue weighted by atomic mass is 16.5. The monoisotopic (exact) mass is 220 g/mol. The molecule has 0 radical (unpaired) electrons. The first kappa shape index (κ1) is 11.4. The molecule has 2 rings (SSSR count). The van der Waals surface area contributed by atoms with Gasteiger partial charge in [0.2, 0.25) is 0 Å². The Bertz CT molecular complexity index is 346. The molecule has 1 saturated heterocycles. The van der Waals surface area contributed by atoms with Crippen LogP contribution in [0.5, 0.6) is 5.75 Å². The number of hydrogen-bond acceptors (Lipinski definition) is 3. The summed E-state index contributed by atoms with van der Waals surface area (Å²) in [6, 6.07) is 2.10. The molecule has 0 amide bonds. The van der Waals surface area contributed by atoms with Crippen molar-refractivity contribution in [2.75, 3.05) is 26.7 Å². The third kappa shape index (κ3) is 2.73. The van der Waals surface area contributed by atoms with Gasteiger partial charge < -0.3 is 9.64 Å². The second-order valence-corrected chi connectivity index (χ2v) is 5.01. The first-order valence-corrected chi connectivity index (χ1v) is 5.91. The zero-order valence-electron chi connectivity index (χ0n) is 10.3. The Kier molecular flexibility index (Phi) is 3.44. The van der Waals surface area contributed by atoms with Crippen LogP contribution in [-0.2, 0) is 0 Å². The first-order chi connectivity index (χ1) is 7.65. The maximum atomic E-state index is 5.76. The molecule has 0 spiro atoms. The normalized spacial score (nSPS) is 17.5. The van der Waals surface area contributed by atoms with Crippen LogP contribution in [0.4, 0.5) is 0 Å². The highest BCUT2D eigenvalue weighted by Crippen LogP contribution is 2.20. The minimum Gasteiger partial charge on any atom is -0.492 e. The quantitative estimate of drug-likeness (QED) is 0.777. The van der Waals surface area contributed by atoms with Crippen LogP contribution in [0.15, 0.2) is 18.5 Å². The average molecular weight is 220 g/mol. The predicted octanol–water partition coefficient (Wildman–Crippen LogP) is 2.15. The van der Waals surface area contributed by atoms with E-state index in [1.165, 1.54) is 5.56 Å². The van der Waals surface area contributed by atoms with Gasteiger partial charge in [0, 0.05) is 25.2 Å². The molecule has 1 aliphatic rings. The second-order valence-electron chi connectivity index (χ2n) is 5.01. The lowest BCUT2D eigenvalue weighted by Gasteiger charge is -2.35. The van der Waals surface area contributed by atoms with E-state index in [0.717, 1.165) is 25.4 Å². The van der Waals surface area contributed by atoms with E-state index in [1.54, 1.807) is 6.20 Å². The topological polar surface area (TPSA) is 25.4 Å². The molecule has 88 valence electrons. The lowest BCUT2D eigenvalue weighted by molar-refractivity contribution is 0.0856. The molecule has 3 nitrogen and oxygen atoms in total. The van der Waals surface area contributed by atoms with E-state index >= 15 is 0 Å². The van der Waals surface area contributed by atoms with Gasteiger partial charge in [0.05, 0.1) is 12.8 Å². The van der Waals surface area contributed by atoms with Gasteiger partial charge in [-0.2, -0.15) is 0 Å². The zero-order valence-corrected chi connectivity index (χ0v) is 10.3. The predicted molar refractivity (Wildman–Crippen MR) is 64.8 cm³/mol. The number of ether oxygens (including phenoxy) is 1. The lowest BCUT2D eigenvalue weighted by atomic mass is 10.0. The molecule has 0 aromatic carbocycles. The minimum atomic E-state index is 0.505. The van der Waals surface area contributed by atoms with Crippen LogP contribution in [0, 0.1) is 5.92 Å². The fourth-order valence-corrected chi connectivity index (χ4v) is 1.98. The van der Waals surface area contributed by atoms with Gasteiger partial charge in [-0.1, -0.05) is 13.8 Å². The number of hydrogen-bond donors (Lipinski definition) is 0. The third-order valence-electron chi connectivity index (χ3n) is 3.03. The first-order valence-electron chi connectivity index (χ1n) is 5.91. The van der Waals surface area contributed by atoms with Gasteiger partial charge in [0.15, 0.2) is 0 Å². The molecule has 3 heteroatoms. The van der Waals surface area contributed by atoms with Gasteiger partial charge in [0.25, 0.3) is 0 Å². The van der Waals surface area contributed by atoms with E-state index < -0.39 is 0 Å². The van der Waals surface area contributed by atoms with Gasteiger partial charge in [-0.3, -0.25) is 4.98 Å². The van der Waals surface area contributed by atoms with Crippen molar-refractivity contribution in [3.8, 4) is 5.75 Å². The summed E-state index contributed by atoms with van der Waals surface area (Å²) in [4.78, 5) is 6.51. The SMILES string of the molecule is CC(C)c1cncc(OCC2CN(C)C2)c1. The fraction of sp³-hybridized carbons (Fsp3) is 0.615. The van der Waals surface area contributed by atoms with Crippen molar-refractivity contribution < 1.29 is 4.74 Å². The summed E-state index contributed by atoms with van der Waals surface area (Å²) in [5.41, 5.74) is 1.24. The largest absolute Gasteiger partial charge is 0.492 e. The Balaban J connectivity index is 1.86. The molecule has 0 N–H and O–H groups in total. The Hall–Kier alpha value is -1.09. The molecular weight excluding hydrogens is 200 g/mol. The molecule has 0 saturated carbocycles. The number of nitrogens with zero attached hydrogens (tertiary/aromatic N) is 2. The van der Waals surface area contributed by atoms with Crippen LogP contribution in [0.25, 0.3) is 0 Å². The Morgan fingerprint density at radius 2 is 2.19 bits per heavy atom. The van der Waals surface area contributed by atoms with Crippen LogP contribution < -0.4 is 4.74 Å². The van der Waals surface area contributed by atoms with Crippen LogP contribution in [0.3, 0.4) is 0 Å². The summed E-state index contributed by atoms with van der Waals surface area (Å²) in [6.45, 7) is 7.45. The van der Waals surface area contributed by atoms with Crippen molar-refractivity contribution in [3.05, 3.63) is 24.0 Å². The summed E-state index contributed by atoms with van der Waals surface area (Å²) < 4.78 is 5.76. The highest BCUT2D eigenvalue weighted by Gasteiger charge is 2.23. The van der Waals surface area contributed by atoms with Crippen molar-refractivity contribution in [3.63, 3.8) is 0 Å². The minimum absolute atomic E-state index is 0.505. The summed E-state index contributed by atoms with van der Waals surface area (Å²) in [6.07, 6.45) is 3.71. The molecule has 1 aromatic rings. The Morgan fingerprint density at radius 1 is 1.44 bits per heavy atom. The Labute approximate surface area is 97.4 Å². The van der Waals surface area contributed by atoms with E-state index in [1.807, 2.05) is 6.20 Å². The lowest BCUT2D eigenvalue weighted by Crippen LogP contribution is -2.46. The van der Waals surface area contributed by atoms with Crippen molar-refractivity contribution in [2.24, 2.45) is 5.92 Å². The van der Waals surface area contributed by atoms with Crippen LogP contribution in [0.1, 0.15) is 25.3 Å². The maximum Gasteiger partial charge on any atom is 0.137 e. The van der Waals surface area contributed by atoms with Gasteiger partial charge in [-0.15, -0.1) is 0 Å². The molecule has 1 aliphatic heterocycles. The third-order valence-corrected chi connectivity index (χ3v) is 3.03. The second kappa shape index (κ2) is 4.83. The van der Waals surface area contributed by atoms with Crippen molar-refractivity contribution in [1.29, 1.82) is 0 Å². The summed E-state index contributed by atoms with van der Waals surface area (Å²) in [5.74, 6) is 2.10. The number of aromatic nitrogens is 1. The molecule has 16 heavy (non-hydrogen) atoms. The summed E-state index contributed by atoms with van der Waals surface area (Å²) in [5, 5.41) is 0. The van der Waals surface area contributed by atoms with Crippen LogP contribution in [-0.4, -0.2) is 36.6 Å². The van der Waals surface area contributed by atoms with Gasteiger partial charge in [0.1, 0.15) is 5.75 Å². The highest BCUT2D eigenvalue weighted by molar-refractivity contribution is 5.25. The molecule has 0 aliphatic carbocycles. The maximum absolute atomic E-state index is 5.76. The smallest absolute Gasteiger partial charge is 0.137 e. The van der Waals surface area contributed by atoms with Crippen molar-refractivity contribution in [2.45, 2.75) is 19.8 Å². The van der Waals surface area contributed by atoms with Gasteiger partial charge in [-0.25, -0.2) is 0 Å².